The first-order chi connectivity index (χ1) is 9.73. The van der Waals surface area contributed by atoms with Crippen LogP contribution in [0.2, 0.25) is 0 Å². The number of methoxy groups -OCH3 is 1. The molecule has 0 fully saturated rings. The highest BCUT2D eigenvalue weighted by atomic mass is 16.5. The fourth-order valence-corrected chi connectivity index (χ4v) is 2.11. The molecule has 0 bridgehead atoms. The summed E-state index contributed by atoms with van der Waals surface area (Å²) in [4.78, 5) is 26.8. The SMILES string of the molecule is COC(=O)c1cccnc1NC(CC(=O)O)CC(C)(C)C. The molecule has 6 nitrogen and oxygen atoms in total. The van der Waals surface area contributed by atoms with E-state index in [4.69, 9.17) is 9.84 Å². The summed E-state index contributed by atoms with van der Waals surface area (Å²) in [6, 6.07) is 2.91. The van der Waals surface area contributed by atoms with Gasteiger partial charge in [-0.1, -0.05) is 20.8 Å². The smallest absolute Gasteiger partial charge is 0.341 e. The molecule has 1 heterocycles. The van der Waals surface area contributed by atoms with Gasteiger partial charge in [-0.2, -0.15) is 0 Å². The molecule has 0 amide bonds. The molecule has 0 saturated heterocycles. The Hall–Kier alpha value is -2.11. The number of carbonyl (C=O) groups excluding carboxylic acids is 1. The van der Waals surface area contributed by atoms with Crippen LogP contribution < -0.4 is 5.32 Å². The molecular formula is C15H22N2O4. The van der Waals surface area contributed by atoms with Gasteiger partial charge >= 0.3 is 11.9 Å². The third kappa shape index (κ3) is 5.81. The Balaban J connectivity index is 2.97. The van der Waals surface area contributed by atoms with E-state index in [2.05, 4.69) is 10.3 Å². The third-order valence-corrected chi connectivity index (χ3v) is 2.83. The van der Waals surface area contributed by atoms with Crippen molar-refractivity contribution in [3.63, 3.8) is 0 Å². The number of hydrogen-bond acceptors (Lipinski definition) is 5. The predicted molar refractivity (Wildman–Crippen MR) is 79.3 cm³/mol. The van der Waals surface area contributed by atoms with Gasteiger partial charge in [0.25, 0.3) is 0 Å². The van der Waals surface area contributed by atoms with Crippen molar-refractivity contribution in [2.75, 3.05) is 12.4 Å². The molecule has 1 unspecified atom stereocenters. The largest absolute Gasteiger partial charge is 0.481 e. The van der Waals surface area contributed by atoms with Crippen LogP contribution in [0.5, 0.6) is 0 Å². The van der Waals surface area contributed by atoms with Crippen molar-refractivity contribution in [3.05, 3.63) is 23.9 Å². The van der Waals surface area contributed by atoms with Crippen molar-refractivity contribution in [1.82, 2.24) is 4.98 Å². The molecule has 1 aromatic heterocycles. The van der Waals surface area contributed by atoms with Crippen LogP contribution in [0, 0.1) is 5.41 Å². The average Bonchev–Trinajstić information content (AvgIpc) is 2.35. The van der Waals surface area contributed by atoms with Crippen LogP contribution in [-0.4, -0.2) is 35.2 Å². The lowest BCUT2D eigenvalue weighted by atomic mass is 9.87. The quantitative estimate of drug-likeness (QED) is 0.784. The minimum Gasteiger partial charge on any atom is -0.481 e. The third-order valence-electron chi connectivity index (χ3n) is 2.83. The van der Waals surface area contributed by atoms with Gasteiger partial charge in [0.1, 0.15) is 11.4 Å². The number of nitrogens with zero attached hydrogens (tertiary/aromatic N) is 1. The summed E-state index contributed by atoms with van der Waals surface area (Å²) in [6.07, 6.45) is 2.13. The first-order valence-corrected chi connectivity index (χ1v) is 6.74. The highest BCUT2D eigenvalue weighted by molar-refractivity contribution is 5.94. The predicted octanol–water partition coefficient (Wildman–Crippen LogP) is 2.56. The highest BCUT2D eigenvalue weighted by Gasteiger charge is 2.23. The standard InChI is InChI=1S/C15H22N2O4/c1-15(2,3)9-10(8-12(18)19)17-13-11(14(20)21-4)6-5-7-16-13/h5-7,10H,8-9H2,1-4H3,(H,16,17)(H,18,19). The number of nitrogens with one attached hydrogen (secondary N) is 1. The zero-order valence-corrected chi connectivity index (χ0v) is 12.8. The Morgan fingerprint density at radius 3 is 2.62 bits per heavy atom. The first kappa shape index (κ1) is 16.9. The van der Waals surface area contributed by atoms with Gasteiger partial charge in [0.15, 0.2) is 0 Å². The van der Waals surface area contributed by atoms with Crippen molar-refractivity contribution < 1.29 is 19.4 Å². The number of esters is 1. The highest BCUT2D eigenvalue weighted by Crippen LogP contribution is 2.25. The molecule has 0 aliphatic rings. The van der Waals surface area contributed by atoms with Crippen molar-refractivity contribution in [2.45, 2.75) is 39.7 Å². The summed E-state index contributed by atoms with van der Waals surface area (Å²) in [5.74, 6) is -1.05. The summed E-state index contributed by atoms with van der Waals surface area (Å²) >= 11 is 0. The molecule has 0 aliphatic heterocycles. The average molecular weight is 294 g/mol. The summed E-state index contributed by atoms with van der Waals surface area (Å²) in [7, 11) is 1.29. The maximum atomic E-state index is 11.7. The van der Waals surface area contributed by atoms with E-state index in [1.54, 1.807) is 18.3 Å². The van der Waals surface area contributed by atoms with Gasteiger partial charge in [-0.15, -0.1) is 0 Å². The minimum atomic E-state index is -0.896. The number of rotatable bonds is 6. The Labute approximate surface area is 124 Å². The van der Waals surface area contributed by atoms with Crippen LogP contribution in [0.25, 0.3) is 0 Å². The van der Waals surface area contributed by atoms with Gasteiger partial charge in [-0.05, 0) is 24.0 Å². The molecule has 116 valence electrons. The summed E-state index contributed by atoms with van der Waals surface area (Å²) in [5.41, 5.74) is 0.247. The molecule has 0 spiro atoms. The summed E-state index contributed by atoms with van der Waals surface area (Å²) in [6.45, 7) is 6.09. The normalized spacial score (nSPS) is 12.6. The second kappa shape index (κ2) is 7.06. The maximum absolute atomic E-state index is 11.7. The molecule has 2 N–H and O–H groups in total. The first-order valence-electron chi connectivity index (χ1n) is 6.74. The lowest BCUT2D eigenvalue weighted by Gasteiger charge is -2.26. The monoisotopic (exact) mass is 294 g/mol. The van der Waals surface area contributed by atoms with Gasteiger partial charge in [-0.3, -0.25) is 4.79 Å². The van der Waals surface area contributed by atoms with Crippen LogP contribution in [-0.2, 0) is 9.53 Å². The van der Waals surface area contributed by atoms with Gasteiger partial charge in [-0.25, -0.2) is 9.78 Å². The fourth-order valence-electron chi connectivity index (χ4n) is 2.11. The van der Waals surface area contributed by atoms with E-state index < -0.39 is 11.9 Å². The van der Waals surface area contributed by atoms with Crippen LogP contribution in [0.15, 0.2) is 18.3 Å². The molecule has 0 aromatic carbocycles. The molecular weight excluding hydrogens is 272 g/mol. The number of carbonyl (C=O) groups is 2. The van der Waals surface area contributed by atoms with Gasteiger partial charge in [0.2, 0.25) is 0 Å². The zero-order valence-electron chi connectivity index (χ0n) is 12.8. The zero-order chi connectivity index (χ0) is 16.0. The lowest BCUT2D eigenvalue weighted by Crippen LogP contribution is -2.29. The van der Waals surface area contributed by atoms with Gasteiger partial charge in [0, 0.05) is 12.2 Å². The Kier molecular flexibility index (Phi) is 5.69. The van der Waals surface area contributed by atoms with E-state index >= 15 is 0 Å². The van der Waals surface area contributed by atoms with Crippen LogP contribution >= 0.6 is 0 Å². The van der Waals surface area contributed by atoms with Gasteiger partial charge in [0.05, 0.1) is 13.5 Å². The van der Waals surface area contributed by atoms with E-state index in [1.807, 2.05) is 20.8 Å². The van der Waals surface area contributed by atoms with Crippen LogP contribution in [0.4, 0.5) is 5.82 Å². The van der Waals surface area contributed by atoms with E-state index in [0.717, 1.165) is 0 Å². The maximum Gasteiger partial charge on any atom is 0.341 e. The van der Waals surface area contributed by atoms with Gasteiger partial charge < -0.3 is 15.2 Å². The number of anilines is 1. The van der Waals surface area contributed by atoms with Crippen molar-refractivity contribution in [3.8, 4) is 0 Å². The van der Waals surface area contributed by atoms with Crippen molar-refractivity contribution in [1.29, 1.82) is 0 Å². The molecule has 21 heavy (non-hydrogen) atoms. The molecule has 6 heteroatoms. The lowest BCUT2D eigenvalue weighted by molar-refractivity contribution is -0.137. The number of ether oxygens (including phenoxy) is 1. The molecule has 0 saturated carbocycles. The van der Waals surface area contributed by atoms with E-state index in [0.29, 0.717) is 17.8 Å². The van der Waals surface area contributed by atoms with Crippen molar-refractivity contribution in [2.24, 2.45) is 5.41 Å². The Morgan fingerprint density at radius 2 is 2.10 bits per heavy atom. The molecule has 1 atom stereocenters. The number of carboxylic acids is 1. The second-order valence-electron chi connectivity index (χ2n) is 6.10. The fraction of sp³-hybridized carbons (Fsp3) is 0.533. The number of carboxylic acid groups (broad SMARTS) is 1. The van der Waals surface area contributed by atoms with Crippen molar-refractivity contribution >= 4 is 17.8 Å². The molecule has 0 aliphatic carbocycles. The number of aliphatic carboxylic acids is 1. The van der Waals surface area contributed by atoms with E-state index in [9.17, 15) is 9.59 Å². The Morgan fingerprint density at radius 1 is 1.43 bits per heavy atom. The Bertz CT molecular complexity index is 509. The number of pyridine rings is 1. The van der Waals surface area contributed by atoms with Crippen LogP contribution in [0.3, 0.4) is 0 Å². The summed E-state index contributed by atoms with van der Waals surface area (Å²) < 4.78 is 4.71. The summed E-state index contributed by atoms with van der Waals surface area (Å²) in [5, 5.41) is 12.1. The van der Waals surface area contributed by atoms with E-state index in [-0.39, 0.29) is 17.9 Å². The molecule has 1 aromatic rings. The second-order valence-corrected chi connectivity index (χ2v) is 6.10. The minimum absolute atomic E-state index is 0.0472. The van der Waals surface area contributed by atoms with Crippen LogP contribution in [0.1, 0.15) is 44.0 Å². The molecule has 0 radical (unpaired) electrons. The number of hydrogen-bond donors (Lipinski definition) is 2. The number of aromatic nitrogens is 1. The molecule has 1 rings (SSSR count). The van der Waals surface area contributed by atoms with E-state index in [1.165, 1.54) is 7.11 Å². The topological polar surface area (TPSA) is 88.5 Å².